The molecule has 0 radical (unpaired) electrons. The fraction of sp³-hybridized carbons (Fsp3) is 0.308. The summed E-state index contributed by atoms with van der Waals surface area (Å²) < 4.78 is 6.13. The van der Waals surface area contributed by atoms with E-state index in [4.69, 9.17) is 4.74 Å². The first-order chi connectivity index (χ1) is 14.6. The van der Waals surface area contributed by atoms with Crippen molar-refractivity contribution in [1.29, 1.82) is 0 Å². The molecule has 4 rings (SSSR count). The van der Waals surface area contributed by atoms with E-state index in [1.165, 1.54) is 0 Å². The Kier molecular flexibility index (Phi) is 6.12. The lowest BCUT2D eigenvalue weighted by molar-refractivity contribution is -0.117. The SMILES string of the molecule is CC(C)c1ccc(NC(=O)C2CCCc3c(OCc4ccccc4)cccc32)cn1. The molecular weight excluding hydrogens is 372 g/mol. The van der Waals surface area contributed by atoms with E-state index in [2.05, 4.69) is 42.3 Å². The van der Waals surface area contributed by atoms with Gasteiger partial charge in [-0.2, -0.15) is 0 Å². The molecule has 4 nitrogen and oxygen atoms in total. The predicted molar refractivity (Wildman–Crippen MR) is 120 cm³/mol. The highest BCUT2D eigenvalue weighted by Gasteiger charge is 2.28. The molecule has 2 aromatic carbocycles. The van der Waals surface area contributed by atoms with Crippen molar-refractivity contribution < 1.29 is 9.53 Å². The number of amides is 1. The van der Waals surface area contributed by atoms with Gasteiger partial charge in [-0.05, 0) is 60.1 Å². The number of benzene rings is 2. The van der Waals surface area contributed by atoms with Crippen molar-refractivity contribution in [1.82, 2.24) is 4.98 Å². The smallest absolute Gasteiger partial charge is 0.231 e. The summed E-state index contributed by atoms with van der Waals surface area (Å²) in [6.07, 6.45) is 4.50. The number of carbonyl (C=O) groups is 1. The van der Waals surface area contributed by atoms with Gasteiger partial charge in [-0.1, -0.05) is 56.3 Å². The second-order valence-electron chi connectivity index (χ2n) is 8.16. The maximum atomic E-state index is 13.1. The maximum absolute atomic E-state index is 13.1. The number of hydrogen-bond acceptors (Lipinski definition) is 3. The Morgan fingerprint density at radius 3 is 2.67 bits per heavy atom. The van der Waals surface area contributed by atoms with Gasteiger partial charge in [0.25, 0.3) is 0 Å². The Balaban J connectivity index is 1.49. The molecule has 4 heteroatoms. The van der Waals surface area contributed by atoms with Gasteiger partial charge in [0.05, 0.1) is 17.8 Å². The number of anilines is 1. The molecule has 0 aliphatic heterocycles. The fourth-order valence-electron chi connectivity index (χ4n) is 4.01. The second-order valence-corrected chi connectivity index (χ2v) is 8.16. The van der Waals surface area contributed by atoms with Crippen LogP contribution >= 0.6 is 0 Å². The van der Waals surface area contributed by atoms with Crippen molar-refractivity contribution in [3.8, 4) is 5.75 Å². The standard InChI is InChI=1S/C26H28N2O2/c1-18(2)24-15-14-20(16-27-24)28-26(29)23-12-6-11-22-21(23)10-7-13-25(22)30-17-19-8-4-3-5-9-19/h3-5,7-10,13-16,18,23H,6,11-12,17H2,1-2H3,(H,28,29). The fourth-order valence-corrected chi connectivity index (χ4v) is 4.01. The van der Waals surface area contributed by atoms with Crippen LogP contribution in [-0.4, -0.2) is 10.9 Å². The number of ether oxygens (including phenoxy) is 1. The first kappa shape index (κ1) is 20.1. The molecule has 1 aromatic heterocycles. The molecule has 3 aromatic rings. The van der Waals surface area contributed by atoms with E-state index in [1.807, 2.05) is 42.5 Å². The van der Waals surface area contributed by atoms with Crippen LogP contribution in [0, 0.1) is 0 Å². The lowest BCUT2D eigenvalue weighted by atomic mass is 9.82. The van der Waals surface area contributed by atoms with E-state index in [-0.39, 0.29) is 11.8 Å². The molecule has 154 valence electrons. The summed E-state index contributed by atoms with van der Waals surface area (Å²) in [5, 5.41) is 3.05. The Labute approximate surface area is 178 Å². The topological polar surface area (TPSA) is 51.2 Å². The van der Waals surface area contributed by atoms with Gasteiger partial charge >= 0.3 is 0 Å². The van der Waals surface area contributed by atoms with E-state index >= 15 is 0 Å². The summed E-state index contributed by atoms with van der Waals surface area (Å²) in [4.78, 5) is 17.5. The molecule has 1 atom stereocenters. The van der Waals surface area contributed by atoms with Crippen LogP contribution in [0.4, 0.5) is 5.69 Å². The quantitative estimate of drug-likeness (QED) is 0.565. The summed E-state index contributed by atoms with van der Waals surface area (Å²) in [6, 6.07) is 20.1. The monoisotopic (exact) mass is 400 g/mol. The molecule has 1 unspecified atom stereocenters. The van der Waals surface area contributed by atoms with Crippen LogP contribution < -0.4 is 10.1 Å². The van der Waals surface area contributed by atoms with Crippen molar-refractivity contribution in [2.75, 3.05) is 5.32 Å². The lowest BCUT2D eigenvalue weighted by Crippen LogP contribution is -2.25. The maximum Gasteiger partial charge on any atom is 0.231 e. The number of hydrogen-bond donors (Lipinski definition) is 1. The zero-order chi connectivity index (χ0) is 20.9. The zero-order valence-electron chi connectivity index (χ0n) is 17.6. The Hall–Kier alpha value is -3.14. The van der Waals surface area contributed by atoms with Crippen LogP contribution in [0.25, 0.3) is 0 Å². The van der Waals surface area contributed by atoms with Crippen molar-refractivity contribution in [2.24, 2.45) is 0 Å². The summed E-state index contributed by atoms with van der Waals surface area (Å²) in [6.45, 7) is 4.75. The van der Waals surface area contributed by atoms with E-state index < -0.39 is 0 Å². The van der Waals surface area contributed by atoms with Crippen LogP contribution in [0.15, 0.2) is 66.9 Å². The number of carbonyl (C=O) groups excluding carboxylic acids is 1. The summed E-state index contributed by atoms with van der Waals surface area (Å²) in [5.41, 5.74) is 5.14. The third-order valence-corrected chi connectivity index (χ3v) is 5.66. The third-order valence-electron chi connectivity index (χ3n) is 5.66. The van der Waals surface area contributed by atoms with Gasteiger partial charge in [-0.15, -0.1) is 0 Å². The number of aromatic nitrogens is 1. The van der Waals surface area contributed by atoms with Crippen molar-refractivity contribution in [3.05, 3.63) is 89.2 Å². The molecule has 1 amide bonds. The second kappa shape index (κ2) is 9.12. The lowest BCUT2D eigenvalue weighted by Gasteiger charge is -2.26. The Bertz CT molecular complexity index is 997. The first-order valence-corrected chi connectivity index (χ1v) is 10.7. The summed E-state index contributed by atoms with van der Waals surface area (Å²) in [5.74, 6) is 1.11. The number of pyridine rings is 1. The molecule has 1 aliphatic rings. The highest BCUT2D eigenvalue weighted by molar-refractivity contribution is 5.96. The molecule has 0 fully saturated rings. The largest absolute Gasteiger partial charge is 0.489 e. The number of nitrogens with zero attached hydrogens (tertiary/aromatic N) is 1. The molecule has 0 saturated heterocycles. The van der Waals surface area contributed by atoms with Crippen molar-refractivity contribution in [3.63, 3.8) is 0 Å². The minimum Gasteiger partial charge on any atom is -0.489 e. The summed E-state index contributed by atoms with van der Waals surface area (Å²) >= 11 is 0. The van der Waals surface area contributed by atoms with Gasteiger partial charge in [0.1, 0.15) is 12.4 Å². The minimum atomic E-state index is -0.168. The molecule has 1 heterocycles. The van der Waals surface area contributed by atoms with E-state index in [0.717, 1.165) is 53.1 Å². The zero-order valence-corrected chi connectivity index (χ0v) is 17.6. The molecule has 0 bridgehead atoms. The van der Waals surface area contributed by atoms with Gasteiger partial charge in [-0.25, -0.2) is 0 Å². The van der Waals surface area contributed by atoms with Gasteiger partial charge in [-0.3, -0.25) is 9.78 Å². The Morgan fingerprint density at radius 1 is 1.10 bits per heavy atom. The van der Waals surface area contributed by atoms with Crippen LogP contribution in [-0.2, 0) is 17.8 Å². The average molecular weight is 401 g/mol. The number of fused-ring (bicyclic) bond motifs is 1. The highest BCUT2D eigenvalue weighted by atomic mass is 16.5. The molecule has 1 N–H and O–H groups in total. The highest BCUT2D eigenvalue weighted by Crippen LogP contribution is 2.37. The molecule has 1 aliphatic carbocycles. The summed E-state index contributed by atoms with van der Waals surface area (Å²) in [7, 11) is 0. The van der Waals surface area contributed by atoms with Crippen molar-refractivity contribution in [2.45, 2.75) is 51.6 Å². The van der Waals surface area contributed by atoms with Crippen LogP contribution in [0.2, 0.25) is 0 Å². The number of nitrogens with one attached hydrogen (secondary N) is 1. The van der Waals surface area contributed by atoms with E-state index in [1.54, 1.807) is 6.20 Å². The normalized spacial score (nSPS) is 15.5. The third kappa shape index (κ3) is 4.54. The average Bonchev–Trinajstić information content (AvgIpc) is 2.78. The van der Waals surface area contributed by atoms with Crippen LogP contribution in [0.5, 0.6) is 5.75 Å². The van der Waals surface area contributed by atoms with Gasteiger partial charge in [0, 0.05) is 5.69 Å². The van der Waals surface area contributed by atoms with E-state index in [0.29, 0.717) is 12.5 Å². The molecule has 30 heavy (non-hydrogen) atoms. The molecule has 0 spiro atoms. The van der Waals surface area contributed by atoms with E-state index in [9.17, 15) is 4.79 Å². The first-order valence-electron chi connectivity index (χ1n) is 10.7. The predicted octanol–water partition coefficient (Wildman–Crippen LogP) is 5.84. The minimum absolute atomic E-state index is 0.0234. The van der Waals surface area contributed by atoms with Crippen molar-refractivity contribution >= 4 is 11.6 Å². The Morgan fingerprint density at radius 2 is 1.93 bits per heavy atom. The van der Waals surface area contributed by atoms with Crippen LogP contribution in [0.1, 0.15) is 60.9 Å². The van der Waals surface area contributed by atoms with Gasteiger partial charge in [0.2, 0.25) is 5.91 Å². The number of rotatable bonds is 6. The van der Waals surface area contributed by atoms with Crippen LogP contribution in [0.3, 0.4) is 0 Å². The van der Waals surface area contributed by atoms with Gasteiger partial charge < -0.3 is 10.1 Å². The molecular formula is C26H28N2O2. The van der Waals surface area contributed by atoms with Gasteiger partial charge in [0.15, 0.2) is 0 Å². The molecule has 0 saturated carbocycles.